The van der Waals surface area contributed by atoms with Crippen molar-refractivity contribution in [3.63, 3.8) is 0 Å². The van der Waals surface area contributed by atoms with Gasteiger partial charge in [-0.25, -0.2) is 0 Å². The summed E-state index contributed by atoms with van der Waals surface area (Å²) in [6.07, 6.45) is 0.942. The van der Waals surface area contributed by atoms with E-state index < -0.39 is 5.97 Å². The minimum absolute atomic E-state index is 0.0503. The Morgan fingerprint density at radius 3 is 2.53 bits per heavy atom. The number of carboxylic acids is 1. The summed E-state index contributed by atoms with van der Waals surface area (Å²) in [7, 11) is 0. The molecule has 1 unspecified atom stereocenters. The molecule has 0 aromatic rings. The number of carbonyl (C=O) groups is 1. The lowest BCUT2D eigenvalue weighted by Crippen LogP contribution is -2.65. The van der Waals surface area contributed by atoms with Gasteiger partial charge in [-0.05, 0) is 41.0 Å². The van der Waals surface area contributed by atoms with E-state index in [2.05, 4.69) is 44.8 Å². The van der Waals surface area contributed by atoms with E-state index in [9.17, 15) is 4.79 Å². The summed E-state index contributed by atoms with van der Waals surface area (Å²) in [4.78, 5) is 13.1. The first kappa shape index (κ1) is 14.5. The molecule has 0 radical (unpaired) electrons. The van der Waals surface area contributed by atoms with Crippen molar-refractivity contribution in [2.45, 2.75) is 64.6 Å². The van der Waals surface area contributed by atoms with Crippen LogP contribution in [-0.2, 0) is 4.79 Å². The fraction of sp³-hybridized carbons (Fsp3) is 0.923. The highest BCUT2D eigenvalue weighted by Gasteiger charge is 2.36. The molecule has 2 N–H and O–H groups in total. The lowest BCUT2D eigenvalue weighted by atomic mass is 9.92. The minimum atomic E-state index is -0.711. The predicted octanol–water partition coefficient (Wildman–Crippen LogP) is 1.70. The second kappa shape index (κ2) is 4.94. The van der Waals surface area contributed by atoms with E-state index in [-0.39, 0.29) is 23.5 Å². The van der Waals surface area contributed by atoms with Crippen molar-refractivity contribution in [3.05, 3.63) is 0 Å². The largest absolute Gasteiger partial charge is 0.481 e. The lowest BCUT2D eigenvalue weighted by Gasteiger charge is -2.49. The molecule has 0 bridgehead atoms. The van der Waals surface area contributed by atoms with Crippen molar-refractivity contribution < 1.29 is 9.90 Å². The van der Waals surface area contributed by atoms with Gasteiger partial charge in [-0.3, -0.25) is 9.69 Å². The number of aliphatic carboxylic acids is 1. The summed E-state index contributed by atoms with van der Waals surface area (Å²) in [5.41, 5.74) is 0.190. The lowest BCUT2D eigenvalue weighted by molar-refractivity contribution is -0.137. The molecular formula is C13H26N2O2. The summed E-state index contributed by atoms with van der Waals surface area (Å²) in [6, 6.07) is 0.272. The fourth-order valence-corrected chi connectivity index (χ4v) is 2.42. The zero-order valence-electron chi connectivity index (χ0n) is 11.7. The number of nitrogens with one attached hydrogen (secondary N) is 1. The minimum Gasteiger partial charge on any atom is -0.481 e. The van der Waals surface area contributed by atoms with Crippen LogP contribution in [0, 0.1) is 0 Å². The van der Waals surface area contributed by atoms with Crippen LogP contribution in [0.4, 0.5) is 0 Å². The van der Waals surface area contributed by atoms with Crippen LogP contribution in [0.1, 0.15) is 47.5 Å². The van der Waals surface area contributed by atoms with Gasteiger partial charge < -0.3 is 10.4 Å². The molecule has 4 nitrogen and oxygen atoms in total. The molecule has 1 aliphatic rings. The zero-order chi connectivity index (χ0) is 13.3. The molecule has 0 spiro atoms. The third-order valence-corrected chi connectivity index (χ3v) is 3.28. The fourth-order valence-electron chi connectivity index (χ4n) is 2.42. The van der Waals surface area contributed by atoms with Crippen molar-refractivity contribution in [2.75, 3.05) is 13.1 Å². The molecule has 0 saturated carbocycles. The molecule has 100 valence electrons. The third kappa shape index (κ3) is 4.64. The first-order valence-electron chi connectivity index (χ1n) is 6.35. The molecule has 1 rings (SSSR count). The van der Waals surface area contributed by atoms with E-state index >= 15 is 0 Å². The Morgan fingerprint density at radius 1 is 1.47 bits per heavy atom. The monoisotopic (exact) mass is 242 g/mol. The maximum Gasteiger partial charge on any atom is 0.303 e. The second-order valence-electron chi connectivity index (χ2n) is 6.71. The van der Waals surface area contributed by atoms with E-state index in [1.54, 1.807) is 0 Å². The summed E-state index contributed by atoms with van der Waals surface area (Å²) in [5, 5.41) is 12.3. The van der Waals surface area contributed by atoms with Gasteiger partial charge in [0.05, 0.1) is 0 Å². The summed E-state index contributed by atoms with van der Waals surface area (Å²) >= 11 is 0. The van der Waals surface area contributed by atoms with Gasteiger partial charge in [0.25, 0.3) is 0 Å². The summed E-state index contributed by atoms with van der Waals surface area (Å²) in [5.74, 6) is -0.711. The molecule has 1 fully saturated rings. The molecule has 1 heterocycles. The molecule has 4 heteroatoms. The number of hydrogen-bond donors (Lipinski definition) is 2. The maximum atomic E-state index is 10.6. The Morgan fingerprint density at radius 2 is 2.06 bits per heavy atom. The summed E-state index contributed by atoms with van der Waals surface area (Å²) < 4.78 is 0. The molecule has 1 atom stereocenters. The van der Waals surface area contributed by atoms with E-state index in [4.69, 9.17) is 5.11 Å². The van der Waals surface area contributed by atoms with Crippen molar-refractivity contribution in [1.29, 1.82) is 0 Å². The number of piperazine rings is 1. The van der Waals surface area contributed by atoms with Gasteiger partial charge in [-0.15, -0.1) is 0 Å². The van der Waals surface area contributed by atoms with E-state index in [1.165, 1.54) is 0 Å². The first-order chi connectivity index (χ1) is 7.60. The van der Waals surface area contributed by atoms with Crippen LogP contribution >= 0.6 is 0 Å². The highest BCUT2D eigenvalue weighted by Crippen LogP contribution is 2.23. The Bertz CT molecular complexity index is 282. The van der Waals surface area contributed by atoms with Gasteiger partial charge in [-0.2, -0.15) is 0 Å². The number of nitrogens with zero attached hydrogens (tertiary/aromatic N) is 1. The molecule has 17 heavy (non-hydrogen) atoms. The van der Waals surface area contributed by atoms with Gasteiger partial charge >= 0.3 is 5.97 Å². The number of rotatable bonds is 3. The van der Waals surface area contributed by atoms with Crippen LogP contribution in [0.3, 0.4) is 0 Å². The molecule has 0 aromatic heterocycles. The average Bonchev–Trinajstić information content (AvgIpc) is 2.10. The van der Waals surface area contributed by atoms with Crippen LogP contribution in [0.2, 0.25) is 0 Å². The van der Waals surface area contributed by atoms with Crippen LogP contribution in [-0.4, -0.2) is 46.2 Å². The standard InChI is InChI=1S/C13H26N2O2/c1-12(2,3)15-8-10(6-7-11(16)17)14-13(4,5)9-15/h10,14H,6-9H2,1-5H3,(H,16,17). The van der Waals surface area contributed by atoms with E-state index in [0.29, 0.717) is 6.42 Å². The van der Waals surface area contributed by atoms with Gasteiger partial charge in [0, 0.05) is 36.6 Å². The van der Waals surface area contributed by atoms with Crippen LogP contribution < -0.4 is 5.32 Å². The van der Waals surface area contributed by atoms with Crippen molar-refractivity contribution in [2.24, 2.45) is 0 Å². The Kier molecular flexibility index (Phi) is 4.20. The van der Waals surface area contributed by atoms with Crippen LogP contribution in [0.25, 0.3) is 0 Å². The SMILES string of the molecule is CC1(C)CN(C(C)(C)C)CC(CCC(=O)O)N1. The quantitative estimate of drug-likeness (QED) is 0.791. The van der Waals surface area contributed by atoms with Gasteiger partial charge in [0.15, 0.2) is 0 Å². The van der Waals surface area contributed by atoms with Crippen molar-refractivity contribution in [1.82, 2.24) is 10.2 Å². The zero-order valence-corrected chi connectivity index (χ0v) is 11.7. The Labute approximate surface area is 104 Å². The highest BCUT2D eigenvalue weighted by molar-refractivity contribution is 5.66. The van der Waals surface area contributed by atoms with Crippen LogP contribution in [0.15, 0.2) is 0 Å². The van der Waals surface area contributed by atoms with E-state index in [0.717, 1.165) is 13.1 Å². The second-order valence-corrected chi connectivity index (χ2v) is 6.71. The molecule has 0 amide bonds. The predicted molar refractivity (Wildman–Crippen MR) is 69.2 cm³/mol. The number of hydrogen-bond acceptors (Lipinski definition) is 3. The molecule has 0 aromatic carbocycles. The molecule has 1 aliphatic heterocycles. The maximum absolute atomic E-state index is 10.6. The van der Waals surface area contributed by atoms with Gasteiger partial charge in [0.2, 0.25) is 0 Å². The normalized spacial score (nSPS) is 25.8. The Hall–Kier alpha value is -0.610. The smallest absolute Gasteiger partial charge is 0.303 e. The van der Waals surface area contributed by atoms with Crippen molar-refractivity contribution in [3.8, 4) is 0 Å². The van der Waals surface area contributed by atoms with Crippen LogP contribution in [0.5, 0.6) is 0 Å². The molecule has 0 aliphatic carbocycles. The van der Waals surface area contributed by atoms with Crippen molar-refractivity contribution >= 4 is 5.97 Å². The molecular weight excluding hydrogens is 216 g/mol. The van der Waals surface area contributed by atoms with E-state index in [1.807, 2.05) is 0 Å². The topological polar surface area (TPSA) is 52.6 Å². The first-order valence-corrected chi connectivity index (χ1v) is 6.35. The summed E-state index contributed by atoms with van der Waals surface area (Å²) in [6.45, 7) is 12.9. The third-order valence-electron chi connectivity index (χ3n) is 3.28. The van der Waals surface area contributed by atoms with Gasteiger partial charge in [-0.1, -0.05) is 0 Å². The molecule has 1 saturated heterocycles. The average molecular weight is 242 g/mol. The highest BCUT2D eigenvalue weighted by atomic mass is 16.4. The number of carboxylic acid groups (broad SMARTS) is 1. The van der Waals surface area contributed by atoms with Gasteiger partial charge in [0.1, 0.15) is 0 Å². The Balaban J connectivity index is 2.64.